The second kappa shape index (κ2) is 6.14. The topological polar surface area (TPSA) is 50.1 Å². The van der Waals surface area contributed by atoms with Gasteiger partial charge in [0, 0.05) is 31.0 Å². The molecule has 2 rings (SSSR count). The van der Waals surface area contributed by atoms with E-state index < -0.39 is 6.10 Å². The fourth-order valence-corrected chi connectivity index (χ4v) is 1.71. The van der Waals surface area contributed by atoms with E-state index in [1.807, 2.05) is 36.5 Å². The van der Waals surface area contributed by atoms with Gasteiger partial charge in [-0.15, -0.1) is 0 Å². The van der Waals surface area contributed by atoms with Crippen LogP contribution in [0.5, 0.6) is 0 Å². The number of nitrogens with zero attached hydrogens (tertiary/aromatic N) is 2. The number of hydrogen-bond donors (Lipinski definition) is 2. The SMILES string of the molecule is C=Cn1cc(CNCC(O)c2ccccc2)cn1. The van der Waals surface area contributed by atoms with Crippen molar-refractivity contribution < 1.29 is 5.11 Å². The number of hydrogen-bond acceptors (Lipinski definition) is 3. The van der Waals surface area contributed by atoms with E-state index in [4.69, 9.17) is 0 Å². The molecular weight excluding hydrogens is 226 g/mol. The smallest absolute Gasteiger partial charge is 0.0914 e. The van der Waals surface area contributed by atoms with Crippen molar-refractivity contribution in [2.45, 2.75) is 12.6 Å². The second-order valence-corrected chi connectivity index (χ2v) is 4.07. The molecule has 0 saturated heterocycles. The zero-order valence-electron chi connectivity index (χ0n) is 10.2. The Morgan fingerprint density at radius 3 is 2.83 bits per heavy atom. The Morgan fingerprint density at radius 2 is 2.17 bits per heavy atom. The minimum Gasteiger partial charge on any atom is -0.387 e. The Bertz CT molecular complexity index is 493. The van der Waals surface area contributed by atoms with E-state index in [9.17, 15) is 5.11 Å². The molecule has 0 saturated carbocycles. The van der Waals surface area contributed by atoms with Crippen LogP contribution in [0.4, 0.5) is 0 Å². The molecule has 2 N–H and O–H groups in total. The summed E-state index contributed by atoms with van der Waals surface area (Å²) in [7, 11) is 0. The lowest BCUT2D eigenvalue weighted by atomic mass is 10.1. The standard InChI is InChI=1S/C14H17N3O/c1-2-17-11-12(9-16-17)8-15-10-14(18)13-6-4-3-5-7-13/h2-7,9,11,14-15,18H,1,8,10H2. The van der Waals surface area contributed by atoms with Gasteiger partial charge in [-0.3, -0.25) is 0 Å². The molecule has 0 radical (unpaired) electrons. The van der Waals surface area contributed by atoms with E-state index in [1.54, 1.807) is 17.1 Å². The second-order valence-electron chi connectivity index (χ2n) is 4.07. The van der Waals surface area contributed by atoms with Gasteiger partial charge in [0.15, 0.2) is 0 Å². The lowest BCUT2D eigenvalue weighted by Crippen LogP contribution is -2.20. The Kier molecular flexibility index (Phi) is 4.28. The van der Waals surface area contributed by atoms with E-state index in [0.717, 1.165) is 11.1 Å². The fraction of sp³-hybridized carbons (Fsp3) is 0.214. The van der Waals surface area contributed by atoms with E-state index >= 15 is 0 Å². The molecular formula is C14H17N3O. The number of aliphatic hydroxyl groups is 1. The van der Waals surface area contributed by atoms with Gasteiger partial charge in [0.2, 0.25) is 0 Å². The quantitative estimate of drug-likeness (QED) is 0.813. The average Bonchev–Trinajstić information content (AvgIpc) is 2.87. The number of aliphatic hydroxyl groups excluding tert-OH is 1. The zero-order valence-corrected chi connectivity index (χ0v) is 10.2. The highest BCUT2D eigenvalue weighted by atomic mass is 16.3. The highest BCUT2D eigenvalue weighted by Gasteiger charge is 2.06. The third-order valence-electron chi connectivity index (χ3n) is 2.69. The van der Waals surface area contributed by atoms with Crippen LogP contribution in [-0.4, -0.2) is 21.4 Å². The summed E-state index contributed by atoms with van der Waals surface area (Å²) < 4.78 is 1.66. The number of rotatable bonds is 6. The van der Waals surface area contributed by atoms with Gasteiger partial charge in [0.1, 0.15) is 0 Å². The molecule has 0 bridgehead atoms. The van der Waals surface area contributed by atoms with Crippen molar-refractivity contribution in [2.75, 3.05) is 6.54 Å². The monoisotopic (exact) mass is 243 g/mol. The zero-order chi connectivity index (χ0) is 12.8. The summed E-state index contributed by atoms with van der Waals surface area (Å²) in [5.41, 5.74) is 1.99. The molecule has 1 unspecified atom stereocenters. The predicted molar refractivity (Wildman–Crippen MR) is 71.7 cm³/mol. The number of aromatic nitrogens is 2. The van der Waals surface area contributed by atoms with Crippen molar-refractivity contribution in [3.63, 3.8) is 0 Å². The molecule has 2 aromatic rings. The summed E-state index contributed by atoms with van der Waals surface area (Å²) >= 11 is 0. The summed E-state index contributed by atoms with van der Waals surface area (Å²) in [5.74, 6) is 0. The first kappa shape index (κ1) is 12.5. The van der Waals surface area contributed by atoms with E-state index in [1.165, 1.54) is 0 Å². The molecule has 4 heteroatoms. The van der Waals surface area contributed by atoms with Gasteiger partial charge in [-0.2, -0.15) is 5.10 Å². The van der Waals surface area contributed by atoms with E-state index in [-0.39, 0.29) is 0 Å². The molecule has 1 heterocycles. The van der Waals surface area contributed by atoms with Crippen LogP contribution in [0.1, 0.15) is 17.2 Å². The molecule has 1 atom stereocenters. The predicted octanol–water partition coefficient (Wildman–Crippen LogP) is 1.81. The van der Waals surface area contributed by atoms with Crippen LogP contribution >= 0.6 is 0 Å². The van der Waals surface area contributed by atoms with Crippen molar-refractivity contribution in [3.8, 4) is 0 Å². The molecule has 4 nitrogen and oxygen atoms in total. The number of nitrogens with one attached hydrogen (secondary N) is 1. The molecule has 0 spiro atoms. The maximum absolute atomic E-state index is 9.95. The lowest BCUT2D eigenvalue weighted by Gasteiger charge is -2.11. The van der Waals surface area contributed by atoms with Crippen molar-refractivity contribution in [3.05, 3.63) is 60.4 Å². The Morgan fingerprint density at radius 1 is 1.39 bits per heavy atom. The molecule has 0 fully saturated rings. The van der Waals surface area contributed by atoms with Crippen LogP contribution in [0, 0.1) is 0 Å². The van der Waals surface area contributed by atoms with Gasteiger partial charge in [-0.25, -0.2) is 4.68 Å². The van der Waals surface area contributed by atoms with Gasteiger partial charge in [0.25, 0.3) is 0 Å². The van der Waals surface area contributed by atoms with Gasteiger partial charge in [-0.1, -0.05) is 36.9 Å². The van der Waals surface area contributed by atoms with Gasteiger partial charge >= 0.3 is 0 Å². The maximum Gasteiger partial charge on any atom is 0.0914 e. The van der Waals surface area contributed by atoms with Crippen LogP contribution in [0.3, 0.4) is 0 Å². The molecule has 0 aliphatic rings. The number of benzene rings is 1. The van der Waals surface area contributed by atoms with Crippen molar-refractivity contribution >= 4 is 6.20 Å². The molecule has 0 aliphatic heterocycles. The van der Waals surface area contributed by atoms with Crippen LogP contribution in [-0.2, 0) is 6.54 Å². The summed E-state index contributed by atoms with van der Waals surface area (Å²) in [5, 5.41) is 17.2. The Balaban J connectivity index is 1.80. The first-order valence-electron chi connectivity index (χ1n) is 5.89. The van der Waals surface area contributed by atoms with E-state index in [2.05, 4.69) is 17.0 Å². The van der Waals surface area contributed by atoms with Crippen LogP contribution in [0.15, 0.2) is 49.3 Å². The molecule has 94 valence electrons. The van der Waals surface area contributed by atoms with Gasteiger partial charge in [0.05, 0.1) is 12.3 Å². The minimum absolute atomic E-state index is 0.486. The highest BCUT2D eigenvalue weighted by Crippen LogP contribution is 2.10. The summed E-state index contributed by atoms with van der Waals surface area (Å²) in [6.07, 6.45) is 4.83. The first-order valence-corrected chi connectivity index (χ1v) is 5.89. The molecule has 18 heavy (non-hydrogen) atoms. The summed E-state index contributed by atoms with van der Waals surface area (Å²) in [4.78, 5) is 0. The average molecular weight is 243 g/mol. The largest absolute Gasteiger partial charge is 0.387 e. The summed E-state index contributed by atoms with van der Waals surface area (Å²) in [6.45, 7) is 4.83. The van der Waals surface area contributed by atoms with Crippen LogP contribution in [0.2, 0.25) is 0 Å². The van der Waals surface area contributed by atoms with Gasteiger partial charge in [-0.05, 0) is 5.56 Å². The molecule has 0 aliphatic carbocycles. The van der Waals surface area contributed by atoms with Crippen LogP contribution in [0.25, 0.3) is 6.20 Å². The van der Waals surface area contributed by atoms with E-state index in [0.29, 0.717) is 13.1 Å². The normalized spacial score (nSPS) is 12.3. The first-order chi connectivity index (χ1) is 8.79. The van der Waals surface area contributed by atoms with Crippen molar-refractivity contribution in [2.24, 2.45) is 0 Å². The Labute approximate surface area is 107 Å². The third kappa shape index (κ3) is 3.29. The van der Waals surface area contributed by atoms with Crippen LogP contribution < -0.4 is 5.32 Å². The lowest BCUT2D eigenvalue weighted by molar-refractivity contribution is 0.174. The highest BCUT2D eigenvalue weighted by molar-refractivity contribution is 5.18. The summed E-state index contributed by atoms with van der Waals surface area (Å²) in [6, 6.07) is 9.62. The fourth-order valence-electron chi connectivity index (χ4n) is 1.71. The molecule has 1 aromatic heterocycles. The molecule has 1 aromatic carbocycles. The minimum atomic E-state index is -0.486. The van der Waals surface area contributed by atoms with Crippen molar-refractivity contribution in [1.29, 1.82) is 0 Å². The third-order valence-corrected chi connectivity index (χ3v) is 2.69. The molecule has 0 amide bonds. The maximum atomic E-state index is 9.95. The van der Waals surface area contributed by atoms with Crippen molar-refractivity contribution in [1.82, 2.24) is 15.1 Å². The van der Waals surface area contributed by atoms with Gasteiger partial charge < -0.3 is 10.4 Å². The Hall–Kier alpha value is -1.91.